The summed E-state index contributed by atoms with van der Waals surface area (Å²) in [4.78, 5) is 0.136. The van der Waals surface area contributed by atoms with Crippen LogP contribution in [0.5, 0.6) is 5.75 Å². The van der Waals surface area contributed by atoms with Crippen molar-refractivity contribution in [2.24, 2.45) is 0 Å². The largest absolute Gasteiger partial charge is 0.487 e. The molecule has 1 aliphatic rings. The van der Waals surface area contributed by atoms with Gasteiger partial charge in [-0.2, -0.15) is 0 Å². The molecule has 0 spiro atoms. The Balaban J connectivity index is 1.97. The molecule has 0 fully saturated rings. The minimum absolute atomic E-state index is 0.104. The van der Waals surface area contributed by atoms with Gasteiger partial charge in [0, 0.05) is 15.0 Å². The molecule has 1 heterocycles. The van der Waals surface area contributed by atoms with Crippen LogP contribution < -0.4 is 4.74 Å². The Kier molecular flexibility index (Phi) is 4.27. The molecule has 4 heteroatoms. The molecule has 0 aromatic heterocycles. The van der Waals surface area contributed by atoms with Gasteiger partial charge in [0.25, 0.3) is 0 Å². The number of hydrogen-bond acceptors (Lipinski definition) is 1. The van der Waals surface area contributed by atoms with E-state index in [2.05, 4.69) is 70.6 Å². The molecule has 2 aromatic rings. The van der Waals surface area contributed by atoms with Gasteiger partial charge in [0.1, 0.15) is 11.4 Å². The van der Waals surface area contributed by atoms with Crippen molar-refractivity contribution in [3.8, 4) is 5.75 Å². The minimum Gasteiger partial charge on any atom is -0.487 e. The molecule has 0 aliphatic carbocycles. The Bertz CT molecular complexity index is 699. The SMILES string of the molecule is CC1(C)Cc2cc(C(Br)c3cc(Cl)ccc3I)ccc2O1. The molecule has 2 aromatic carbocycles. The van der Waals surface area contributed by atoms with Gasteiger partial charge in [-0.05, 0) is 77.4 Å². The smallest absolute Gasteiger partial charge is 0.123 e. The molecule has 1 atom stereocenters. The molecule has 110 valence electrons. The molecule has 0 saturated heterocycles. The predicted octanol–water partition coefficient (Wildman–Crippen LogP) is 6.14. The van der Waals surface area contributed by atoms with Gasteiger partial charge in [-0.1, -0.05) is 39.7 Å². The second kappa shape index (κ2) is 5.74. The lowest BCUT2D eigenvalue weighted by molar-refractivity contribution is 0.138. The zero-order chi connectivity index (χ0) is 15.2. The van der Waals surface area contributed by atoms with Crippen molar-refractivity contribution in [1.82, 2.24) is 0 Å². The lowest BCUT2D eigenvalue weighted by Crippen LogP contribution is -2.24. The molecule has 21 heavy (non-hydrogen) atoms. The third-order valence-electron chi connectivity index (χ3n) is 3.61. The summed E-state index contributed by atoms with van der Waals surface area (Å²) in [6.45, 7) is 4.25. The molecular weight excluding hydrogens is 462 g/mol. The number of fused-ring (bicyclic) bond motifs is 1. The molecule has 1 unspecified atom stereocenters. The highest BCUT2D eigenvalue weighted by Crippen LogP contribution is 2.40. The number of benzene rings is 2. The zero-order valence-corrected chi connectivity index (χ0v) is 16.3. The van der Waals surface area contributed by atoms with Crippen LogP contribution >= 0.6 is 50.1 Å². The average Bonchev–Trinajstić information content (AvgIpc) is 2.73. The van der Waals surface area contributed by atoms with Crippen LogP contribution in [0.15, 0.2) is 36.4 Å². The van der Waals surface area contributed by atoms with E-state index >= 15 is 0 Å². The van der Waals surface area contributed by atoms with Crippen LogP contribution in [0.25, 0.3) is 0 Å². The van der Waals surface area contributed by atoms with Gasteiger partial charge in [0.2, 0.25) is 0 Å². The first-order valence-corrected chi connectivity index (χ1v) is 9.14. The van der Waals surface area contributed by atoms with E-state index in [1.54, 1.807) is 0 Å². The summed E-state index contributed by atoms with van der Waals surface area (Å²) < 4.78 is 7.14. The topological polar surface area (TPSA) is 9.23 Å². The molecule has 0 bridgehead atoms. The van der Waals surface area contributed by atoms with Crippen LogP contribution in [-0.4, -0.2) is 5.60 Å². The van der Waals surface area contributed by atoms with Crippen LogP contribution in [0.2, 0.25) is 5.02 Å². The van der Waals surface area contributed by atoms with E-state index in [4.69, 9.17) is 16.3 Å². The maximum atomic E-state index is 6.14. The monoisotopic (exact) mass is 476 g/mol. The lowest BCUT2D eigenvalue weighted by Gasteiger charge is -2.16. The molecule has 1 nitrogen and oxygen atoms in total. The van der Waals surface area contributed by atoms with Gasteiger partial charge in [0.05, 0.1) is 4.83 Å². The summed E-state index contributed by atoms with van der Waals surface area (Å²) in [5.74, 6) is 1.00. The molecular formula is C17H15BrClIO. The van der Waals surface area contributed by atoms with Crippen molar-refractivity contribution in [2.75, 3.05) is 0 Å². The second-order valence-corrected chi connectivity index (χ2v) is 8.45. The Labute approximate surface area is 152 Å². The first-order valence-electron chi connectivity index (χ1n) is 6.76. The van der Waals surface area contributed by atoms with Gasteiger partial charge < -0.3 is 4.74 Å². The van der Waals surface area contributed by atoms with E-state index < -0.39 is 0 Å². The summed E-state index contributed by atoms with van der Waals surface area (Å²) in [5, 5.41) is 0.764. The first-order chi connectivity index (χ1) is 9.85. The normalized spacial score (nSPS) is 17.2. The first kappa shape index (κ1) is 15.6. The molecule has 0 radical (unpaired) electrons. The van der Waals surface area contributed by atoms with Gasteiger partial charge in [-0.25, -0.2) is 0 Å². The third kappa shape index (κ3) is 3.25. The van der Waals surface area contributed by atoms with Gasteiger partial charge in [0.15, 0.2) is 0 Å². The summed E-state index contributed by atoms with van der Waals surface area (Å²) in [7, 11) is 0. The number of hydrogen-bond donors (Lipinski definition) is 0. The van der Waals surface area contributed by atoms with Crippen molar-refractivity contribution >= 4 is 50.1 Å². The van der Waals surface area contributed by atoms with Crippen molar-refractivity contribution < 1.29 is 4.74 Å². The maximum absolute atomic E-state index is 6.14. The number of rotatable bonds is 2. The van der Waals surface area contributed by atoms with Gasteiger partial charge in [-0.3, -0.25) is 0 Å². The van der Waals surface area contributed by atoms with E-state index in [9.17, 15) is 0 Å². The van der Waals surface area contributed by atoms with Crippen molar-refractivity contribution in [3.63, 3.8) is 0 Å². The van der Waals surface area contributed by atoms with E-state index in [1.807, 2.05) is 18.2 Å². The van der Waals surface area contributed by atoms with Crippen molar-refractivity contribution in [3.05, 3.63) is 61.7 Å². The van der Waals surface area contributed by atoms with E-state index in [0.29, 0.717) is 0 Å². The number of alkyl halides is 1. The second-order valence-electron chi connectivity index (χ2n) is 5.93. The lowest BCUT2D eigenvalue weighted by atomic mass is 9.98. The number of ether oxygens (including phenoxy) is 1. The Morgan fingerprint density at radius 3 is 2.76 bits per heavy atom. The van der Waals surface area contributed by atoms with E-state index in [1.165, 1.54) is 20.3 Å². The van der Waals surface area contributed by atoms with Crippen LogP contribution in [0.4, 0.5) is 0 Å². The molecule has 0 amide bonds. The maximum Gasteiger partial charge on any atom is 0.123 e. The molecule has 1 aliphatic heterocycles. The molecule has 0 saturated carbocycles. The third-order valence-corrected chi connectivity index (χ3v) is 5.85. The van der Waals surface area contributed by atoms with Crippen LogP contribution in [-0.2, 0) is 6.42 Å². The van der Waals surface area contributed by atoms with Gasteiger partial charge >= 0.3 is 0 Å². The minimum atomic E-state index is -0.104. The summed E-state index contributed by atoms with van der Waals surface area (Å²) in [6, 6.07) is 12.4. The van der Waals surface area contributed by atoms with Crippen LogP contribution in [0, 0.1) is 3.57 Å². The zero-order valence-electron chi connectivity index (χ0n) is 11.8. The standard InChI is InChI=1S/C17H15BrClIO/c1-17(2)9-11-7-10(3-6-15(11)21-17)16(18)13-8-12(19)4-5-14(13)20/h3-8,16H,9H2,1-2H3. The fraction of sp³-hybridized carbons (Fsp3) is 0.294. The van der Waals surface area contributed by atoms with Crippen molar-refractivity contribution in [2.45, 2.75) is 30.7 Å². The highest BCUT2D eigenvalue weighted by Gasteiger charge is 2.30. The Morgan fingerprint density at radius 1 is 1.24 bits per heavy atom. The highest BCUT2D eigenvalue weighted by atomic mass is 127. The van der Waals surface area contributed by atoms with Crippen LogP contribution in [0.3, 0.4) is 0 Å². The Hall–Kier alpha value is -0.260. The fourth-order valence-corrected chi connectivity index (χ4v) is 4.59. The summed E-state index contributed by atoms with van der Waals surface area (Å²) in [5.41, 5.74) is 3.60. The highest BCUT2D eigenvalue weighted by molar-refractivity contribution is 14.1. The number of halogens is 3. The summed E-state index contributed by atoms with van der Waals surface area (Å²) >= 11 is 12.3. The summed E-state index contributed by atoms with van der Waals surface area (Å²) in [6.07, 6.45) is 0.947. The van der Waals surface area contributed by atoms with Crippen LogP contribution in [0.1, 0.15) is 35.4 Å². The molecule has 3 rings (SSSR count). The fourth-order valence-electron chi connectivity index (χ4n) is 2.68. The quantitative estimate of drug-likeness (QED) is 0.373. The van der Waals surface area contributed by atoms with E-state index in [0.717, 1.165) is 17.2 Å². The predicted molar refractivity (Wildman–Crippen MR) is 99.8 cm³/mol. The van der Waals surface area contributed by atoms with Crippen molar-refractivity contribution in [1.29, 1.82) is 0 Å². The molecule has 0 N–H and O–H groups in total. The van der Waals surface area contributed by atoms with E-state index in [-0.39, 0.29) is 10.4 Å². The van der Waals surface area contributed by atoms with Gasteiger partial charge in [-0.15, -0.1) is 0 Å². The Morgan fingerprint density at radius 2 is 2.00 bits per heavy atom. The average molecular weight is 478 g/mol.